The van der Waals surface area contributed by atoms with E-state index in [2.05, 4.69) is 9.97 Å². The van der Waals surface area contributed by atoms with Gasteiger partial charge in [0.25, 0.3) is 0 Å². The first-order chi connectivity index (χ1) is 8.20. The minimum Gasteiger partial charge on any atom is -0.481 e. The van der Waals surface area contributed by atoms with Gasteiger partial charge in [-0.1, -0.05) is 0 Å². The molecule has 2 aromatic heterocycles. The molecule has 2 aromatic rings. The lowest BCUT2D eigenvalue weighted by Crippen LogP contribution is -1.92. The van der Waals surface area contributed by atoms with Crippen LogP contribution in [0.4, 0.5) is 0 Å². The molecule has 0 saturated carbocycles. The largest absolute Gasteiger partial charge is 0.481 e. The van der Waals surface area contributed by atoms with Gasteiger partial charge in [0, 0.05) is 23.9 Å². The number of aliphatic carboxylic acids is 1. The van der Waals surface area contributed by atoms with Crippen molar-refractivity contribution in [1.82, 2.24) is 9.97 Å². The summed E-state index contributed by atoms with van der Waals surface area (Å²) >= 11 is 0. The van der Waals surface area contributed by atoms with E-state index < -0.39 is 5.97 Å². The summed E-state index contributed by atoms with van der Waals surface area (Å²) < 4.78 is 5.02. The van der Waals surface area contributed by atoms with E-state index in [-0.39, 0.29) is 0 Å². The van der Waals surface area contributed by atoms with Gasteiger partial charge >= 0.3 is 5.97 Å². The Bertz CT molecular complexity index is 593. The van der Waals surface area contributed by atoms with Crippen LogP contribution < -0.4 is 4.74 Å². The molecule has 0 radical (unpaired) electrons. The average molecular weight is 230 g/mol. The molecule has 0 unspecified atom stereocenters. The molecule has 5 nitrogen and oxygen atoms in total. The van der Waals surface area contributed by atoms with Gasteiger partial charge < -0.3 is 9.84 Å². The highest BCUT2D eigenvalue weighted by atomic mass is 16.5. The van der Waals surface area contributed by atoms with Crippen LogP contribution in [0, 0.1) is 0 Å². The van der Waals surface area contributed by atoms with E-state index >= 15 is 0 Å². The average Bonchev–Trinajstić information content (AvgIpc) is 2.35. The normalized spacial score (nSPS) is 10.9. The fourth-order valence-electron chi connectivity index (χ4n) is 1.44. The first-order valence-electron chi connectivity index (χ1n) is 4.91. The molecule has 0 aromatic carbocycles. The van der Waals surface area contributed by atoms with Crippen molar-refractivity contribution < 1.29 is 14.6 Å². The van der Waals surface area contributed by atoms with E-state index in [0.717, 1.165) is 6.08 Å². The molecule has 0 amide bonds. The highest BCUT2D eigenvalue weighted by molar-refractivity contribution is 5.90. The maximum Gasteiger partial charge on any atom is 0.328 e. The number of rotatable bonds is 3. The Kier molecular flexibility index (Phi) is 3.00. The number of methoxy groups -OCH3 is 1. The van der Waals surface area contributed by atoms with Crippen LogP contribution in [-0.2, 0) is 4.79 Å². The van der Waals surface area contributed by atoms with Gasteiger partial charge in [-0.05, 0) is 18.2 Å². The molecular formula is C12H10N2O3. The van der Waals surface area contributed by atoms with E-state index in [1.54, 1.807) is 24.4 Å². The number of nitrogens with zero attached hydrogens (tertiary/aromatic N) is 2. The highest BCUT2D eigenvalue weighted by Gasteiger charge is 2.03. The number of aromatic nitrogens is 2. The molecule has 2 heterocycles. The smallest absolute Gasteiger partial charge is 0.328 e. The van der Waals surface area contributed by atoms with Crippen molar-refractivity contribution >= 4 is 23.1 Å². The lowest BCUT2D eigenvalue weighted by molar-refractivity contribution is -0.131. The topological polar surface area (TPSA) is 72.3 Å². The summed E-state index contributed by atoms with van der Waals surface area (Å²) in [7, 11) is 1.53. The minimum atomic E-state index is -1.00. The van der Waals surface area contributed by atoms with Crippen molar-refractivity contribution in [3.63, 3.8) is 0 Å². The lowest BCUT2D eigenvalue weighted by Gasteiger charge is -2.03. The third kappa shape index (κ3) is 2.39. The van der Waals surface area contributed by atoms with Gasteiger partial charge in [-0.15, -0.1) is 0 Å². The van der Waals surface area contributed by atoms with Crippen LogP contribution in [-0.4, -0.2) is 28.2 Å². The number of pyridine rings is 2. The Labute approximate surface area is 97.4 Å². The zero-order chi connectivity index (χ0) is 12.3. The van der Waals surface area contributed by atoms with E-state index in [1.165, 1.54) is 13.2 Å². The fraction of sp³-hybridized carbons (Fsp3) is 0.0833. The molecule has 0 aliphatic carbocycles. The van der Waals surface area contributed by atoms with E-state index in [0.29, 0.717) is 22.5 Å². The van der Waals surface area contributed by atoms with Crippen LogP contribution in [0.1, 0.15) is 5.56 Å². The van der Waals surface area contributed by atoms with Crippen molar-refractivity contribution in [3.05, 3.63) is 36.0 Å². The maximum atomic E-state index is 10.5. The zero-order valence-electron chi connectivity index (χ0n) is 9.12. The second kappa shape index (κ2) is 4.61. The fourth-order valence-corrected chi connectivity index (χ4v) is 1.44. The summed E-state index contributed by atoms with van der Waals surface area (Å²) in [5, 5.41) is 8.60. The van der Waals surface area contributed by atoms with Crippen LogP contribution in [0.5, 0.6) is 5.88 Å². The molecule has 0 fully saturated rings. The first-order valence-corrected chi connectivity index (χ1v) is 4.91. The number of hydrogen-bond acceptors (Lipinski definition) is 4. The van der Waals surface area contributed by atoms with Crippen molar-refractivity contribution in [2.24, 2.45) is 0 Å². The van der Waals surface area contributed by atoms with Crippen LogP contribution in [0.25, 0.3) is 17.1 Å². The van der Waals surface area contributed by atoms with Gasteiger partial charge in [0.2, 0.25) is 5.88 Å². The Morgan fingerprint density at radius 2 is 2.24 bits per heavy atom. The van der Waals surface area contributed by atoms with Gasteiger partial charge in [0.15, 0.2) is 0 Å². The molecular weight excluding hydrogens is 220 g/mol. The van der Waals surface area contributed by atoms with Crippen molar-refractivity contribution in [2.45, 2.75) is 0 Å². The first kappa shape index (κ1) is 11.1. The standard InChI is InChI=1S/C12H10N2O3/c1-17-10-4-3-9-12(14-10)8(6-7-13-9)2-5-11(15)16/h2-7H,1H3,(H,15,16)/b5-2+. The third-order valence-corrected chi connectivity index (χ3v) is 2.20. The molecule has 2 rings (SSSR count). The Hall–Kier alpha value is -2.43. The Morgan fingerprint density at radius 3 is 2.94 bits per heavy atom. The minimum absolute atomic E-state index is 0.468. The quantitative estimate of drug-likeness (QED) is 0.813. The number of ether oxygens (including phenoxy) is 1. The second-order valence-electron chi connectivity index (χ2n) is 3.29. The molecule has 0 aliphatic rings. The van der Waals surface area contributed by atoms with Gasteiger partial charge in [-0.25, -0.2) is 9.78 Å². The Morgan fingerprint density at radius 1 is 1.41 bits per heavy atom. The van der Waals surface area contributed by atoms with Crippen molar-refractivity contribution in [3.8, 4) is 5.88 Å². The lowest BCUT2D eigenvalue weighted by atomic mass is 10.2. The molecule has 0 atom stereocenters. The molecule has 0 spiro atoms. The van der Waals surface area contributed by atoms with Gasteiger partial charge in [-0.3, -0.25) is 4.98 Å². The predicted octanol–water partition coefficient (Wildman–Crippen LogP) is 1.74. The van der Waals surface area contributed by atoms with Gasteiger partial charge in [0.05, 0.1) is 18.1 Å². The van der Waals surface area contributed by atoms with Gasteiger partial charge in [0.1, 0.15) is 0 Å². The summed E-state index contributed by atoms with van der Waals surface area (Å²) in [4.78, 5) is 18.9. The summed E-state index contributed by atoms with van der Waals surface area (Å²) in [5.41, 5.74) is 2.00. The molecule has 1 N–H and O–H groups in total. The van der Waals surface area contributed by atoms with Gasteiger partial charge in [-0.2, -0.15) is 0 Å². The summed E-state index contributed by atoms with van der Waals surface area (Å²) in [6.45, 7) is 0. The van der Waals surface area contributed by atoms with Crippen LogP contribution >= 0.6 is 0 Å². The number of hydrogen-bond donors (Lipinski definition) is 1. The number of carboxylic acid groups (broad SMARTS) is 1. The molecule has 5 heteroatoms. The van der Waals surface area contributed by atoms with Crippen LogP contribution in [0.15, 0.2) is 30.5 Å². The zero-order valence-corrected chi connectivity index (χ0v) is 9.12. The number of carboxylic acids is 1. The molecule has 0 aliphatic heterocycles. The summed E-state index contributed by atoms with van der Waals surface area (Å²) in [6, 6.07) is 5.19. The van der Waals surface area contributed by atoms with Crippen LogP contribution in [0.2, 0.25) is 0 Å². The summed E-state index contributed by atoms with van der Waals surface area (Å²) in [6.07, 6.45) is 4.16. The van der Waals surface area contributed by atoms with E-state index in [1.807, 2.05) is 0 Å². The predicted molar refractivity (Wildman–Crippen MR) is 62.8 cm³/mol. The molecule has 0 bridgehead atoms. The van der Waals surface area contributed by atoms with Crippen molar-refractivity contribution in [2.75, 3.05) is 7.11 Å². The molecule has 86 valence electrons. The third-order valence-electron chi connectivity index (χ3n) is 2.20. The van der Waals surface area contributed by atoms with Crippen LogP contribution in [0.3, 0.4) is 0 Å². The maximum absolute atomic E-state index is 10.5. The van der Waals surface area contributed by atoms with E-state index in [9.17, 15) is 4.79 Å². The summed E-state index contributed by atoms with van der Waals surface area (Å²) in [5.74, 6) is -0.534. The Balaban J connectivity index is 2.58. The van der Waals surface area contributed by atoms with E-state index in [4.69, 9.17) is 9.84 Å². The molecule has 17 heavy (non-hydrogen) atoms. The number of carbonyl (C=O) groups is 1. The SMILES string of the molecule is COc1ccc2nccc(/C=C/C(=O)O)c2n1. The number of fused-ring (bicyclic) bond motifs is 1. The highest BCUT2D eigenvalue weighted by Crippen LogP contribution is 2.19. The monoisotopic (exact) mass is 230 g/mol. The second-order valence-corrected chi connectivity index (χ2v) is 3.29. The van der Waals surface area contributed by atoms with Crippen molar-refractivity contribution in [1.29, 1.82) is 0 Å². The molecule has 0 saturated heterocycles.